The molecule has 5 heteroatoms. The molecule has 0 saturated heterocycles. The molecule has 0 aliphatic heterocycles. The molecule has 0 saturated carbocycles. The maximum absolute atomic E-state index is 6.87. The molecule has 0 bridgehead atoms. The molecule has 0 radical (unpaired) electrons. The summed E-state index contributed by atoms with van der Waals surface area (Å²) >= 11 is 19.0. The van der Waals surface area contributed by atoms with Gasteiger partial charge in [0, 0.05) is 46.5 Å². The number of rotatable bonds is 6. The zero-order valence-electron chi connectivity index (χ0n) is 19.6. The summed E-state index contributed by atoms with van der Waals surface area (Å²) in [6.45, 7) is 0. The largest absolute Gasteiger partial charge is 0.377 e. The molecule has 0 atom stereocenters. The lowest BCUT2D eigenvalue weighted by molar-refractivity contribution is -0.463. The van der Waals surface area contributed by atoms with E-state index < -0.39 is 0 Å². The molecule has 3 rings (SSSR count). The summed E-state index contributed by atoms with van der Waals surface area (Å²) in [6, 6.07) is 15.8. The summed E-state index contributed by atoms with van der Waals surface area (Å²) in [6.07, 6.45) is 11.6. The number of halogens is 3. The van der Waals surface area contributed by atoms with Gasteiger partial charge in [-0.05, 0) is 78.4 Å². The van der Waals surface area contributed by atoms with Crippen molar-refractivity contribution in [3.8, 4) is 0 Å². The minimum Gasteiger partial charge on any atom is -0.377 e. The van der Waals surface area contributed by atoms with Crippen molar-refractivity contribution in [2.45, 2.75) is 19.3 Å². The Balaban J connectivity index is 1.91. The molecule has 172 valence electrons. The Morgan fingerprint density at radius 3 is 1.97 bits per heavy atom. The van der Waals surface area contributed by atoms with Gasteiger partial charge in [0.2, 0.25) is 5.71 Å². The Hall–Kier alpha value is -2.26. The van der Waals surface area contributed by atoms with Gasteiger partial charge in [0.05, 0.1) is 0 Å². The van der Waals surface area contributed by atoms with E-state index in [0.29, 0.717) is 0 Å². The third kappa shape index (κ3) is 6.86. The topological polar surface area (TPSA) is 6.25 Å². The van der Waals surface area contributed by atoms with Crippen LogP contribution in [-0.4, -0.2) is 43.4 Å². The highest BCUT2D eigenvalue weighted by Crippen LogP contribution is 2.33. The zero-order chi connectivity index (χ0) is 24.0. The van der Waals surface area contributed by atoms with Gasteiger partial charge in [-0.2, -0.15) is 0 Å². The van der Waals surface area contributed by atoms with Gasteiger partial charge in [-0.15, -0.1) is 0 Å². The number of allylic oxidation sites excluding steroid dienone is 7. The summed E-state index contributed by atoms with van der Waals surface area (Å²) < 4.78 is 2.10. The first-order chi connectivity index (χ1) is 15.8. The monoisotopic (exact) mass is 499 g/mol. The summed E-state index contributed by atoms with van der Waals surface area (Å²) in [4.78, 5) is 2.10. The van der Waals surface area contributed by atoms with Crippen molar-refractivity contribution < 1.29 is 4.58 Å². The van der Waals surface area contributed by atoms with E-state index in [1.54, 1.807) is 0 Å². The van der Waals surface area contributed by atoms with Gasteiger partial charge in [-0.1, -0.05) is 59.1 Å². The normalized spacial score (nSPS) is 16.0. The Kier molecular flexibility index (Phi) is 9.02. The van der Waals surface area contributed by atoms with Crippen LogP contribution in [0.1, 0.15) is 30.4 Å². The predicted molar refractivity (Wildman–Crippen MR) is 145 cm³/mol. The molecule has 0 amide bonds. The Morgan fingerprint density at radius 1 is 0.848 bits per heavy atom. The number of hydrogen-bond acceptors (Lipinski definition) is 1. The third-order valence-electron chi connectivity index (χ3n) is 5.58. The van der Waals surface area contributed by atoms with Crippen LogP contribution in [0.15, 0.2) is 89.0 Å². The van der Waals surface area contributed by atoms with Crippen molar-refractivity contribution in [2.24, 2.45) is 0 Å². The van der Waals surface area contributed by atoms with E-state index >= 15 is 0 Å². The highest BCUT2D eigenvalue weighted by atomic mass is 35.5. The predicted octanol–water partition coefficient (Wildman–Crippen LogP) is 7.82. The first-order valence-corrected chi connectivity index (χ1v) is 12.1. The Labute approximate surface area is 212 Å². The molecule has 0 fully saturated rings. The fourth-order valence-electron chi connectivity index (χ4n) is 3.82. The van der Waals surface area contributed by atoms with Crippen LogP contribution in [-0.2, 0) is 0 Å². The van der Waals surface area contributed by atoms with E-state index in [0.717, 1.165) is 68.0 Å². The number of hydrogen-bond donors (Lipinski definition) is 0. The highest BCUT2D eigenvalue weighted by molar-refractivity contribution is 6.32. The van der Waals surface area contributed by atoms with Crippen LogP contribution in [0.4, 0.5) is 0 Å². The van der Waals surface area contributed by atoms with Crippen LogP contribution in [0.5, 0.6) is 0 Å². The van der Waals surface area contributed by atoms with Gasteiger partial charge in [-0.25, -0.2) is 4.58 Å². The lowest BCUT2D eigenvalue weighted by Crippen LogP contribution is -2.12. The summed E-state index contributed by atoms with van der Waals surface area (Å²) in [5, 5.41) is 2.31. The second-order valence-corrected chi connectivity index (χ2v) is 9.71. The minimum atomic E-state index is 0.734. The standard InChI is InChI=1S/C28H30Cl3N2/c1-32(2)26(20-8-14-24(29)15-9-20)18-12-22-6-5-7-23(28(22)31)13-19-27(33(3)4)21-10-16-25(30)17-11-21/h8-19H,5-7H2,1-4H3/q+1. The van der Waals surface area contributed by atoms with Gasteiger partial charge in [0.25, 0.3) is 0 Å². The maximum Gasteiger partial charge on any atom is 0.206 e. The van der Waals surface area contributed by atoms with E-state index in [4.69, 9.17) is 34.8 Å². The van der Waals surface area contributed by atoms with Gasteiger partial charge in [0.1, 0.15) is 14.1 Å². The molecule has 0 aromatic heterocycles. The van der Waals surface area contributed by atoms with Gasteiger partial charge >= 0.3 is 0 Å². The van der Waals surface area contributed by atoms with Crippen molar-refractivity contribution in [1.29, 1.82) is 0 Å². The molecule has 0 spiro atoms. The molecule has 33 heavy (non-hydrogen) atoms. The zero-order valence-corrected chi connectivity index (χ0v) is 21.8. The van der Waals surface area contributed by atoms with E-state index in [9.17, 15) is 0 Å². The average Bonchev–Trinajstić information content (AvgIpc) is 2.78. The first-order valence-electron chi connectivity index (χ1n) is 11.0. The summed E-state index contributed by atoms with van der Waals surface area (Å²) in [5.74, 6) is 0. The molecule has 0 heterocycles. The van der Waals surface area contributed by atoms with Crippen molar-refractivity contribution in [2.75, 3.05) is 28.2 Å². The molecule has 2 aromatic rings. The van der Waals surface area contributed by atoms with Crippen molar-refractivity contribution in [3.05, 3.63) is 110 Å². The van der Waals surface area contributed by atoms with Crippen LogP contribution < -0.4 is 0 Å². The van der Waals surface area contributed by atoms with Crippen LogP contribution in [0.2, 0.25) is 10.0 Å². The van der Waals surface area contributed by atoms with E-state index in [2.05, 4.69) is 33.8 Å². The maximum atomic E-state index is 6.87. The summed E-state index contributed by atoms with van der Waals surface area (Å²) in [5.41, 5.74) is 6.77. The van der Waals surface area contributed by atoms with E-state index in [1.165, 1.54) is 0 Å². The van der Waals surface area contributed by atoms with Gasteiger partial charge in [-0.3, -0.25) is 0 Å². The molecule has 2 nitrogen and oxygen atoms in total. The molecular weight excluding hydrogens is 471 g/mol. The van der Waals surface area contributed by atoms with E-state index in [1.807, 2.05) is 76.7 Å². The average molecular weight is 501 g/mol. The van der Waals surface area contributed by atoms with Crippen LogP contribution in [0, 0.1) is 0 Å². The Morgan fingerprint density at radius 2 is 1.42 bits per heavy atom. The van der Waals surface area contributed by atoms with Gasteiger partial charge < -0.3 is 4.90 Å². The lowest BCUT2D eigenvalue weighted by atomic mass is 9.93. The molecule has 2 aromatic carbocycles. The molecule has 0 unspecified atom stereocenters. The van der Waals surface area contributed by atoms with E-state index in [-0.39, 0.29) is 0 Å². The molecule has 1 aliphatic rings. The second-order valence-electron chi connectivity index (χ2n) is 8.46. The van der Waals surface area contributed by atoms with Crippen LogP contribution in [0.25, 0.3) is 5.70 Å². The number of benzene rings is 2. The number of nitrogens with zero attached hydrogens (tertiary/aromatic N) is 2. The van der Waals surface area contributed by atoms with Crippen LogP contribution in [0.3, 0.4) is 0 Å². The fraction of sp³-hybridized carbons (Fsp3) is 0.250. The van der Waals surface area contributed by atoms with Gasteiger partial charge in [0.15, 0.2) is 0 Å². The SMILES string of the molecule is CN(C)/C(=C/C=C1\CCCC(/C=C/C(c2ccc(Cl)cc2)=[N+](C)C)=C1Cl)c1ccc(Cl)cc1. The molecular formula is C28H30Cl3N2+. The smallest absolute Gasteiger partial charge is 0.206 e. The molecule has 1 aliphatic carbocycles. The van der Waals surface area contributed by atoms with Crippen molar-refractivity contribution in [1.82, 2.24) is 4.90 Å². The minimum absolute atomic E-state index is 0.734. The Bertz CT molecular complexity index is 1130. The lowest BCUT2D eigenvalue weighted by Gasteiger charge is -2.19. The van der Waals surface area contributed by atoms with Crippen molar-refractivity contribution in [3.63, 3.8) is 0 Å². The molecule has 0 N–H and O–H groups in total. The van der Waals surface area contributed by atoms with Crippen LogP contribution >= 0.6 is 34.8 Å². The summed E-state index contributed by atoms with van der Waals surface area (Å²) in [7, 11) is 8.17. The second kappa shape index (κ2) is 11.7. The van der Waals surface area contributed by atoms with Crippen molar-refractivity contribution >= 4 is 46.2 Å². The quantitative estimate of drug-likeness (QED) is 0.289. The highest BCUT2D eigenvalue weighted by Gasteiger charge is 2.15. The fourth-order valence-corrected chi connectivity index (χ4v) is 4.38. The first kappa shape index (κ1) is 25.4. The third-order valence-corrected chi connectivity index (χ3v) is 6.57.